The highest BCUT2D eigenvalue weighted by molar-refractivity contribution is 7.97. The maximum absolute atomic E-state index is 10.6. The molecule has 10 heteroatoms. The monoisotopic (exact) mass is 389 g/mol. The molecule has 4 heterocycles. The number of hydrogen-bond acceptors (Lipinski definition) is 8. The maximum Gasteiger partial charge on any atom is 0.240 e. The predicted octanol–water partition coefficient (Wildman–Crippen LogP) is 1.35. The molecule has 0 aliphatic carbocycles. The van der Waals surface area contributed by atoms with Gasteiger partial charge < -0.3 is 9.63 Å². The molecule has 3 aromatic rings. The second-order valence-electron chi connectivity index (χ2n) is 6.67. The number of fused-ring (bicyclic) bond motifs is 1. The van der Waals surface area contributed by atoms with Gasteiger partial charge in [-0.3, -0.25) is 14.3 Å². The van der Waals surface area contributed by atoms with Crippen molar-refractivity contribution in [3.8, 4) is 0 Å². The topological polar surface area (TPSA) is 98.0 Å². The lowest BCUT2D eigenvalue weighted by atomic mass is 10.2. The van der Waals surface area contributed by atoms with Crippen molar-refractivity contribution < 1.29 is 9.63 Å². The molecule has 0 fully saturated rings. The molecule has 1 unspecified atom stereocenters. The lowest BCUT2D eigenvalue weighted by Crippen LogP contribution is -2.23. The number of aromatic nitrogens is 6. The first-order valence-corrected chi connectivity index (χ1v) is 10.3. The van der Waals surface area contributed by atoms with Crippen molar-refractivity contribution in [2.75, 3.05) is 12.8 Å². The Balaban J connectivity index is 1.48. The van der Waals surface area contributed by atoms with Crippen molar-refractivity contribution in [2.24, 2.45) is 7.05 Å². The van der Waals surface area contributed by atoms with Gasteiger partial charge in [0.05, 0.1) is 29.4 Å². The zero-order valence-electron chi connectivity index (χ0n) is 15.4. The van der Waals surface area contributed by atoms with Gasteiger partial charge in [-0.15, -0.1) is 0 Å². The van der Waals surface area contributed by atoms with Crippen LogP contribution in [0.3, 0.4) is 0 Å². The Morgan fingerprint density at radius 2 is 2.26 bits per heavy atom. The first kappa shape index (κ1) is 18.2. The van der Waals surface area contributed by atoms with Gasteiger partial charge in [0.25, 0.3) is 0 Å². The summed E-state index contributed by atoms with van der Waals surface area (Å²) in [5.74, 6) is 2.13. The van der Waals surface area contributed by atoms with E-state index in [0.717, 1.165) is 49.0 Å². The van der Waals surface area contributed by atoms with Crippen molar-refractivity contribution in [1.82, 2.24) is 34.6 Å². The summed E-state index contributed by atoms with van der Waals surface area (Å²) in [5.41, 5.74) is 2.45. The molecule has 144 valence electrons. The van der Waals surface area contributed by atoms with Crippen molar-refractivity contribution in [3.63, 3.8) is 0 Å². The molecule has 4 rings (SSSR count). The average molecular weight is 389 g/mol. The molecule has 1 aliphatic heterocycles. The largest absolute Gasteiger partial charge is 0.380 e. The Kier molecular flexibility index (Phi) is 5.28. The lowest BCUT2D eigenvalue weighted by Gasteiger charge is -2.16. The van der Waals surface area contributed by atoms with Gasteiger partial charge in [-0.1, -0.05) is 5.16 Å². The van der Waals surface area contributed by atoms with Crippen molar-refractivity contribution >= 4 is 11.8 Å². The van der Waals surface area contributed by atoms with Crippen molar-refractivity contribution in [3.05, 3.63) is 47.1 Å². The molecule has 1 atom stereocenters. The molecule has 0 saturated carbocycles. The van der Waals surface area contributed by atoms with Crippen LogP contribution >= 0.6 is 11.8 Å². The molecule has 0 aromatic carbocycles. The van der Waals surface area contributed by atoms with Gasteiger partial charge >= 0.3 is 0 Å². The third-order valence-electron chi connectivity index (χ3n) is 4.67. The number of hydrogen-bond donors (Lipinski definition) is 1. The van der Waals surface area contributed by atoms with E-state index >= 15 is 0 Å². The van der Waals surface area contributed by atoms with Gasteiger partial charge in [-0.25, -0.2) is 0 Å². The number of aryl methyl sites for hydroxylation is 2. The summed E-state index contributed by atoms with van der Waals surface area (Å²) >= 11 is 1.67. The van der Waals surface area contributed by atoms with Gasteiger partial charge in [0.1, 0.15) is 6.10 Å². The van der Waals surface area contributed by atoms with E-state index in [2.05, 4.69) is 25.2 Å². The van der Waals surface area contributed by atoms with Crippen LogP contribution in [0.15, 0.2) is 22.9 Å². The number of thioether (sulfide) groups is 1. The molecule has 9 nitrogen and oxygen atoms in total. The fourth-order valence-corrected chi connectivity index (χ4v) is 3.73. The van der Waals surface area contributed by atoms with E-state index in [9.17, 15) is 5.11 Å². The Morgan fingerprint density at radius 3 is 3.04 bits per heavy atom. The van der Waals surface area contributed by atoms with Crippen molar-refractivity contribution in [1.29, 1.82) is 0 Å². The SMILES string of the molecule is CSCc1noc(CN2CCCn3nc(C(O)c4ccnn4C)cc3C2)n1. The highest BCUT2D eigenvalue weighted by Gasteiger charge is 2.23. The van der Waals surface area contributed by atoms with Gasteiger partial charge in [-0.05, 0) is 24.8 Å². The van der Waals surface area contributed by atoms with E-state index in [1.54, 1.807) is 22.6 Å². The summed E-state index contributed by atoms with van der Waals surface area (Å²) in [6.45, 7) is 3.10. The van der Waals surface area contributed by atoms with E-state index < -0.39 is 6.10 Å². The minimum atomic E-state index is -0.782. The molecule has 1 aliphatic rings. The summed E-state index contributed by atoms with van der Waals surface area (Å²) in [7, 11) is 1.82. The Bertz CT molecular complexity index is 903. The fourth-order valence-electron chi connectivity index (χ4n) is 3.36. The van der Waals surface area contributed by atoms with Crippen LogP contribution in [0.4, 0.5) is 0 Å². The van der Waals surface area contributed by atoms with E-state index in [1.165, 1.54) is 0 Å². The molecule has 1 N–H and O–H groups in total. The van der Waals surface area contributed by atoms with Crippen LogP contribution < -0.4 is 0 Å². The number of rotatable bonds is 6. The van der Waals surface area contributed by atoms with Gasteiger partial charge in [-0.2, -0.15) is 26.9 Å². The van der Waals surface area contributed by atoms with Crippen LogP contribution in [0.1, 0.15) is 41.3 Å². The second kappa shape index (κ2) is 7.83. The van der Waals surface area contributed by atoms with Crippen LogP contribution in [-0.2, 0) is 32.4 Å². The quantitative estimate of drug-likeness (QED) is 0.675. The van der Waals surface area contributed by atoms with Gasteiger partial charge in [0, 0.05) is 32.9 Å². The molecule has 0 amide bonds. The van der Waals surface area contributed by atoms with Crippen LogP contribution in [0.5, 0.6) is 0 Å². The molecular formula is C17H23N7O2S. The first-order chi connectivity index (χ1) is 13.1. The molecule has 0 saturated heterocycles. The fraction of sp³-hybridized carbons (Fsp3) is 0.529. The second-order valence-corrected chi connectivity index (χ2v) is 7.53. The Labute approximate surface area is 161 Å². The zero-order chi connectivity index (χ0) is 18.8. The predicted molar refractivity (Wildman–Crippen MR) is 99.7 cm³/mol. The zero-order valence-corrected chi connectivity index (χ0v) is 16.3. The minimum absolute atomic E-state index is 0.617. The summed E-state index contributed by atoms with van der Waals surface area (Å²) in [6.07, 6.45) is 3.89. The standard InChI is InChI=1S/C17H23N7O2S/c1-22-14(4-5-18-22)17(25)13-8-12-9-23(6-3-7-24(12)20-13)10-16-19-15(11-27-2)21-26-16/h4-5,8,17,25H,3,6-7,9-11H2,1-2H3. The highest BCUT2D eigenvalue weighted by Crippen LogP contribution is 2.23. The van der Waals surface area contributed by atoms with E-state index in [-0.39, 0.29) is 0 Å². The molecular weight excluding hydrogens is 366 g/mol. The van der Waals surface area contributed by atoms with E-state index in [1.807, 2.05) is 30.1 Å². The summed E-state index contributed by atoms with van der Waals surface area (Å²) in [5, 5.41) is 23.4. The molecule has 3 aromatic heterocycles. The minimum Gasteiger partial charge on any atom is -0.380 e. The van der Waals surface area contributed by atoms with Crippen LogP contribution in [0.25, 0.3) is 0 Å². The normalized spacial score (nSPS) is 16.3. The smallest absolute Gasteiger partial charge is 0.240 e. The molecule has 0 bridgehead atoms. The molecule has 0 radical (unpaired) electrons. The average Bonchev–Trinajstić information content (AvgIpc) is 3.34. The number of aliphatic hydroxyl groups is 1. The number of aliphatic hydroxyl groups excluding tert-OH is 1. The summed E-state index contributed by atoms with van der Waals surface area (Å²) in [6, 6.07) is 3.78. The van der Waals surface area contributed by atoms with E-state index in [0.29, 0.717) is 18.1 Å². The molecule has 0 spiro atoms. The Hall–Kier alpha value is -2.17. The first-order valence-electron chi connectivity index (χ1n) is 8.89. The summed E-state index contributed by atoms with van der Waals surface area (Å²) in [4.78, 5) is 6.72. The number of nitrogens with zero attached hydrogens (tertiary/aromatic N) is 7. The van der Waals surface area contributed by atoms with Crippen LogP contribution in [0.2, 0.25) is 0 Å². The molecule has 27 heavy (non-hydrogen) atoms. The maximum atomic E-state index is 10.6. The van der Waals surface area contributed by atoms with E-state index in [4.69, 9.17) is 4.52 Å². The van der Waals surface area contributed by atoms with Gasteiger partial charge in [0.15, 0.2) is 5.82 Å². The van der Waals surface area contributed by atoms with Crippen LogP contribution in [0, 0.1) is 0 Å². The highest BCUT2D eigenvalue weighted by atomic mass is 32.2. The summed E-state index contributed by atoms with van der Waals surface area (Å²) < 4.78 is 9.02. The van der Waals surface area contributed by atoms with Crippen molar-refractivity contribution in [2.45, 2.75) is 37.9 Å². The lowest BCUT2D eigenvalue weighted by molar-refractivity contribution is 0.203. The third kappa shape index (κ3) is 3.92. The Morgan fingerprint density at radius 1 is 1.37 bits per heavy atom. The third-order valence-corrected chi connectivity index (χ3v) is 5.22. The van der Waals surface area contributed by atoms with Crippen LogP contribution in [-0.4, -0.2) is 52.5 Å². The van der Waals surface area contributed by atoms with Gasteiger partial charge in [0.2, 0.25) is 5.89 Å².